The zero-order valence-electron chi connectivity index (χ0n) is 13.5. The number of hydrogen-bond donors (Lipinski definition) is 0. The lowest BCUT2D eigenvalue weighted by Gasteiger charge is -2.33. The molecule has 7 heteroatoms. The summed E-state index contributed by atoms with van der Waals surface area (Å²) in [6, 6.07) is 0.575. The average Bonchev–Trinajstić information content (AvgIpc) is 3.27. The fourth-order valence-corrected chi connectivity index (χ4v) is 3.26. The van der Waals surface area contributed by atoms with Crippen molar-refractivity contribution >= 4 is 12.2 Å². The van der Waals surface area contributed by atoms with Gasteiger partial charge in [0, 0.05) is 37.0 Å². The second-order valence-corrected chi connectivity index (χ2v) is 6.25. The van der Waals surface area contributed by atoms with Crippen molar-refractivity contribution in [2.24, 2.45) is 7.05 Å². The Labute approximate surface area is 134 Å². The third-order valence-electron chi connectivity index (χ3n) is 4.81. The van der Waals surface area contributed by atoms with Crippen LogP contribution in [0.3, 0.4) is 0 Å². The number of nitrogens with zero attached hydrogens (tertiary/aromatic N) is 5. The van der Waals surface area contributed by atoms with E-state index in [1.165, 1.54) is 12.8 Å². The molecule has 0 unspecified atom stereocenters. The van der Waals surface area contributed by atoms with Crippen molar-refractivity contribution in [3.8, 4) is 0 Å². The number of ether oxygens (including phenoxy) is 1. The first-order valence-electron chi connectivity index (χ1n) is 8.06. The maximum atomic E-state index is 5.91. The van der Waals surface area contributed by atoms with Crippen molar-refractivity contribution in [1.82, 2.24) is 24.8 Å². The molecule has 0 radical (unpaired) electrons. The minimum Gasteiger partial charge on any atom is -0.367 e. The van der Waals surface area contributed by atoms with E-state index in [0.717, 1.165) is 31.0 Å². The van der Waals surface area contributed by atoms with Crippen LogP contribution in [-0.4, -0.2) is 50.6 Å². The molecule has 0 saturated carbocycles. The zero-order chi connectivity index (χ0) is 15.8. The zero-order valence-corrected chi connectivity index (χ0v) is 13.5. The number of hydrogen-bond acceptors (Lipinski definition) is 6. The summed E-state index contributed by atoms with van der Waals surface area (Å²) in [5, 5.41) is 8.30. The normalized spacial score (nSPS) is 25.3. The van der Waals surface area contributed by atoms with E-state index in [9.17, 15) is 0 Å². The summed E-state index contributed by atoms with van der Waals surface area (Å²) in [5.74, 6) is 1.13. The van der Waals surface area contributed by atoms with Crippen LogP contribution in [0, 0.1) is 6.92 Å². The third kappa shape index (κ3) is 2.82. The van der Waals surface area contributed by atoms with E-state index >= 15 is 0 Å². The highest BCUT2D eigenvalue weighted by atomic mass is 16.5. The Morgan fingerprint density at radius 1 is 1.35 bits per heavy atom. The van der Waals surface area contributed by atoms with Crippen molar-refractivity contribution in [2.45, 2.75) is 31.9 Å². The highest BCUT2D eigenvalue weighted by molar-refractivity contribution is 5.66. The molecule has 2 aromatic rings. The highest BCUT2D eigenvalue weighted by Crippen LogP contribution is 2.28. The molecule has 7 nitrogen and oxygen atoms in total. The standard InChI is InChI=1S/C16H21N5O2/c1-11-12(8-17-20(11)2)5-6-15-18-16(19-23-15)14-9-21-7-3-4-13(21)10-22-14/h5-6,8,13-14H,3-4,7,9-10H2,1-2H3/b6-5+/t13-,14+/m0/s1. The van der Waals surface area contributed by atoms with Gasteiger partial charge in [0.2, 0.25) is 5.82 Å². The van der Waals surface area contributed by atoms with Gasteiger partial charge in [-0.3, -0.25) is 9.58 Å². The Morgan fingerprint density at radius 3 is 3.09 bits per heavy atom. The van der Waals surface area contributed by atoms with E-state index in [1.807, 2.05) is 37.0 Å². The van der Waals surface area contributed by atoms with Crippen LogP contribution in [0.25, 0.3) is 12.2 Å². The molecule has 0 aromatic carbocycles. The molecule has 4 heterocycles. The topological polar surface area (TPSA) is 69.2 Å². The fourth-order valence-electron chi connectivity index (χ4n) is 3.26. The average molecular weight is 315 g/mol. The van der Waals surface area contributed by atoms with Gasteiger partial charge >= 0.3 is 0 Å². The second kappa shape index (κ2) is 5.90. The first-order valence-corrected chi connectivity index (χ1v) is 8.06. The number of rotatable bonds is 3. The molecule has 2 fully saturated rings. The molecule has 2 aliphatic rings. The minimum absolute atomic E-state index is 0.0876. The molecule has 4 rings (SSSR count). The number of fused-ring (bicyclic) bond motifs is 1. The van der Waals surface area contributed by atoms with Crippen LogP contribution in [0.1, 0.15) is 41.9 Å². The Balaban J connectivity index is 1.45. The molecule has 2 aliphatic heterocycles. The van der Waals surface area contributed by atoms with Gasteiger partial charge in [-0.15, -0.1) is 0 Å². The second-order valence-electron chi connectivity index (χ2n) is 6.25. The molecule has 2 aromatic heterocycles. The van der Waals surface area contributed by atoms with Crippen molar-refractivity contribution in [3.05, 3.63) is 29.2 Å². The SMILES string of the molecule is Cc1c(/C=C/c2nc([C@H]3CN4CCC[C@H]4CO3)no2)cnn1C. The highest BCUT2D eigenvalue weighted by Gasteiger charge is 2.34. The predicted octanol–water partition coefficient (Wildman–Crippen LogP) is 1.82. The van der Waals surface area contributed by atoms with E-state index in [1.54, 1.807) is 0 Å². The predicted molar refractivity (Wildman–Crippen MR) is 84.5 cm³/mol. The van der Waals surface area contributed by atoms with Crippen LogP contribution in [0.2, 0.25) is 0 Å². The van der Waals surface area contributed by atoms with Crippen molar-refractivity contribution in [2.75, 3.05) is 19.7 Å². The largest absolute Gasteiger partial charge is 0.367 e. The molecule has 0 spiro atoms. The van der Waals surface area contributed by atoms with Crippen LogP contribution < -0.4 is 0 Å². The fraction of sp³-hybridized carbons (Fsp3) is 0.562. The number of aromatic nitrogens is 4. The molecule has 0 bridgehead atoms. The number of aryl methyl sites for hydroxylation is 1. The summed E-state index contributed by atoms with van der Waals surface area (Å²) in [6.07, 6.45) is 7.99. The van der Waals surface area contributed by atoms with E-state index < -0.39 is 0 Å². The van der Waals surface area contributed by atoms with Gasteiger partial charge in [0.1, 0.15) is 6.10 Å². The number of morpholine rings is 1. The van der Waals surface area contributed by atoms with E-state index in [4.69, 9.17) is 9.26 Å². The van der Waals surface area contributed by atoms with Gasteiger partial charge in [0.05, 0.1) is 12.8 Å². The molecule has 0 N–H and O–H groups in total. The van der Waals surface area contributed by atoms with Crippen LogP contribution in [-0.2, 0) is 11.8 Å². The smallest absolute Gasteiger partial charge is 0.250 e. The third-order valence-corrected chi connectivity index (χ3v) is 4.81. The molecule has 122 valence electrons. The van der Waals surface area contributed by atoms with Crippen LogP contribution >= 0.6 is 0 Å². The molecule has 0 aliphatic carbocycles. The van der Waals surface area contributed by atoms with Gasteiger partial charge in [0.25, 0.3) is 5.89 Å². The van der Waals surface area contributed by atoms with E-state index in [2.05, 4.69) is 20.1 Å². The van der Waals surface area contributed by atoms with E-state index in [-0.39, 0.29) is 6.10 Å². The lowest BCUT2D eigenvalue weighted by molar-refractivity contribution is -0.0548. The monoisotopic (exact) mass is 315 g/mol. The molecular formula is C16H21N5O2. The first kappa shape index (κ1) is 14.6. The van der Waals surface area contributed by atoms with Crippen LogP contribution in [0.4, 0.5) is 0 Å². The Hall–Kier alpha value is -1.99. The van der Waals surface area contributed by atoms with Crippen molar-refractivity contribution < 1.29 is 9.26 Å². The lowest BCUT2D eigenvalue weighted by Crippen LogP contribution is -2.42. The summed E-state index contributed by atoms with van der Waals surface area (Å²) < 4.78 is 13.1. The van der Waals surface area contributed by atoms with Gasteiger partial charge < -0.3 is 9.26 Å². The summed E-state index contributed by atoms with van der Waals surface area (Å²) in [4.78, 5) is 6.93. The summed E-state index contributed by atoms with van der Waals surface area (Å²) in [7, 11) is 1.92. The molecular weight excluding hydrogens is 294 g/mol. The van der Waals surface area contributed by atoms with Crippen LogP contribution in [0.15, 0.2) is 10.7 Å². The molecule has 2 atom stereocenters. The van der Waals surface area contributed by atoms with E-state index in [0.29, 0.717) is 17.8 Å². The molecule has 0 amide bonds. The summed E-state index contributed by atoms with van der Waals surface area (Å²) in [5.41, 5.74) is 2.14. The Bertz CT molecular complexity index is 720. The van der Waals surface area contributed by atoms with Gasteiger partial charge in [-0.05, 0) is 32.4 Å². The lowest BCUT2D eigenvalue weighted by atomic mass is 10.2. The maximum absolute atomic E-state index is 5.91. The summed E-state index contributed by atoms with van der Waals surface area (Å²) >= 11 is 0. The van der Waals surface area contributed by atoms with Gasteiger partial charge in [-0.1, -0.05) is 5.16 Å². The van der Waals surface area contributed by atoms with Gasteiger partial charge in [0.15, 0.2) is 0 Å². The van der Waals surface area contributed by atoms with Crippen molar-refractivity contribution in [3.63, 3.8) is 0 Å². The first-order chi connectivity index (χ1) is 11.2. The van der Waals surface area contributed by atoms with Crippen molar-refractivity contribution in [1.29, 1.82) is 0 Å². The molecule has 2 saturated heterocycles. The minimum atomic E-state index is -0.0876. The molecule has 23 heavy (non-hydrogen) atoms. The maximum Gasteiger partial charge on any atom is 0.250 e. The Kier molecular flexibility index (Phi) is 3.74. The summed E-state index contributed by atoms with van der Waals surface area (Å²) in [6.45, 7) is 4.79. The van der Waals surface area contributed by atoms with Gasteiger partial charge in [-0.25, -0.2) is 0 Å². The van der Waals surface area contributed by atoms with Gasteiger partial charge in [-0.2, -0.15) is 10.1 Å². The van der Waals surface area contributed by atoms with Crippen LogP contribution in [0.5, 0.6) is 0 Å². The quantitative estimate of drug-likeness (QED) is 0.860. The Morgan fingerprint density at radius 2 is 2.26 bits per heavy atom.